The van der Waals surface area contributed by atoms with Crippen molar-refractivity contribution in [2.24, 2.45) is 0 Å². The number of hydrogen-bond acceptors (Lipinski definition) is 4. The predicted molar refractivity (Wildman–Crippen MR) is 41.0 cm³/mol. The average molecular weight is 212 g/mol. The molecule has 0 radical (unpaired) electrons. The first-order valence-corrected chi connectivity index (χ1v) is 3.79. The van der Waals surface area contributed by atoms with Crippen LogP contribution in [-0.4, -0.2) is 19.7 Å². The molecule has 0 saturated carbocycles. The van der Waals surface area contributed by atoms with Crippen LogP contribution in [0.2, 0.25) is 0 Å². The number of ether oxygens (including phenoxy) is 2. The maximum absolute atomic E-state index is 10.7. The van der Waals surface area contributed by atoms with E-state index in [0.29, 0.717) is 12.9 Å². The van der Waals surface area contributed by atoms with Gasteiger partial charge in [0.2, 0.25) is 0 Å². The fourth-order valence-corrected chi connectivity index (χ4v) is 0.568. The molecule has 0 unspecified atom stereocenters. The Morgan fingerprint density at radius 3 is 2.54 bits per heavy atom. The molecule has 0 heterocycles. The molecule has 5 heteroatoms. The van der Waals surface area contributed by atoms with Gasteiger partial charge in [-0.1, -0.05) is 19.6 Å². The van der Waals surface area contributed by atoms with E-state index < -0.39 is 5.97 Å². The van der Waals surface area contributed by atoms with Gasteiger partial charge in [-0.2, -0.15) is 0 Å². The van der Waals surface area contributed by atoms with E-state index in [1.165, 1.54) is 7.11 Å². The van der Waals surface area contributed by atoms with Gasteiger partial charge in [0.1, 0.15) is 0 Å². The summed E-state index contributed by atoms with van der Waals surface area (Å²) in [4.78, 5) is 10.7. The van der Waals surface area contributed by atoms with Crippen molar-refractivity contribution in [1.29, 1.82) is 0 Å². The maximum Gasteiger partial charge on any atom is 1.00 e. The summed E-state index contributed by atoms with van der Waals surface area (Å²) in [6.07, 6.45) is 2.13. The normalized spacial score (nSPS) is 10.2. The van der Waals surface area contributed by atoms with Gasteiger partial charge in [0.25, 0.3) is 0 Å². The van der Waals surface area contributed by atoms with Crippen LogP contribution in [-0.2, 0) is 14.3 Å². The quantitative estimate of drug-likeness (QED) is 0.162. The van der Waals surface area contributed by atoms with Crippen LogP contribution in [0.1, 0.15) is 19.8 Å². The van der Waals surface area contributed by atoms with Crippen LogP contribution in [0, 0.1) is 0 Å². The smallest absolute Gasteiger partial charge is 0.875 e. The molecule has 0 saturated heterocycles. The SMILES string of the molecule is CCCCO/C(=C/[O-])C(=O)OC.[K+]. The van der Waals surface area contributed by atoms with Crippen molar-refractivity contribution < 1.29 is 70.8 Å². The van der Waals surface area contributed by atoms with Crippen molar-refractivity contribution in [3.8, 4) is 0 Å². The van der Waals surface area contributed by atoms with E-state index in [0.717, 1.165) is 12.8 Å². The zero-order valence-electron chi connectivity index (χ0n) is 8.33. The molecule has 0 aromatic heterocycles. The maximum atomic E-state index is 10.7. The van der Waals surface area contributed by atoms with Gasteiger partial charge >= 0.3 is 57.4 Å². The molecule has 0 rings (SSSR count). The zero-order valence-corrected chi connectivity index (χ0v) is 11.5. The number of carbonyl (C=O) groups excluding carboxylic acids is 1. The Bertz CT molecular complexity index is 168. The molecule has 0 aromatic carbocycles. The molecule has 0 aliphatic heterocycles. The fraction of sp³-hybridized carbons (Fsp3) is 0.625. The summed E-state index contributed by atoms with van der Waals surface area (Å²) in [5, 5.41) is 10.2. The predicted octanol–water partition coefficient (Wildman–Crippen LogP) is -2.82. The molecular formula is C8H13KO4. The first-order chi connectivity index (χ1) is 5.76. The molecule has 0 atom stereocenters. The van der Waals surface area contributed by atoms with Crippen LogP contribution in [0.3, 0.4) is 0 Å². The van der Waals surface area contributed by atoms with Gasteiger partial charge in [0.05, 0.1) is 13.7 Å². The van der Waals surface area contributed by atoms with Gasteiger partial charge in [-0.05, 0) is 6.42 Å². The second-order valence-electron chi connectivity index (χ2n) is 2.18. The average Bonchev–Trinajstić information content (AvgIpc) is 2.11. The second-order valence-corrected chi connectivity index (χ2v) is 2.18. The molecular weight excluding hydrogens is 199 g/mol. The van der Waals surface area contributed by atoms with E-state index in [9.17, 15) is 9.90 Å². The summed E-state index contributed by atoms with van der Waals surface area (Å²) in [6.45, 7) is 2.36. The van der Waals surface area contributed by atoms with Gasteiger partial charge < -0.3 is 14.6 Å². The van der Waals surface area contributed by atoms with Crippen LogP contribution < -0.4 is 56.5 Å². The van der Waals surface area contributed by atoms with Crippen molar-refractivity contribution in [1.82, 2.24) is 0 Å². The number of hydrogen-bond donors (Lipinski definition) is 0. The summed E-state index contributed by atoms with van der Waals surface area (Å²) < 4.78 is 9.16. The molecule has 70 valence electrons. The van der Waals surface area contributed by atoms with Crippen LogP contribution in [0.5, 0.6) is 0 Å². The van der Waals surface area contributed by atoms with Gasteiger partial charge in [-0.3, -0.25) is 0 Å². The van der Waals surface area contributed by atoms with Crippen LogP contribution in [0.4, 0.5) is 0 Å². The minimum Gasteiger partial charge on any atom is -0.875 e. The standard InChI is InChI=1S/C8H14O4.K/c1-3-4-5-12-7(6-9)8(10)11-2;/h6,9H,3-5H2,1-2H3;/q;+1/p-1/b7-6+;. The molecule has 13 heavy (non-hydrogen) atoms. The van der Waals surface area contributed by atoms with E-state index in [2.05, 4.69) is 4.74 Å². The molecule has 0 amide bonds. The summed E-state index contributed by atoms with van der Waals surface area (Å²) in [7, 11) is 1.20. The summed E-state index contributed by atoms with van der Waals surface area (Å²) in [5.41, 5.74) is 0. The minimum atomic E-state index is -0.721. The van der Waals surface area contributed by atoms with Gasteiger partial charge in [-0.15, -0.1) is 0 Å². The van der Waals surface area contributed by atoms with Gasteiger partial charge in [0, 0.05) is 0 Å². The van der Waals surface area contributed by atoms with Crippen LogP contribution >= 0.6 is 0 Å². The Morgan fingerprint density at radius 2 is 2.15 bits per heavy atom. The third-order valence-corrected chi connectivity index (χ3v) is 1.25. The second kappa shape index (κ2) is 10.5. The Morgan fingerprint density at radius 1 is 1.54 bits per heavy atom. The number of unbranched alkanes of at least 4 members (excludes halogenated alkanes) is 1. The topological polar surface area (TPSA) is 58.6 Å². The number of rotatable bonds is 5. The zero-order chi connectivity index (χ0) is 9.40. The van der Waals surface area contributed by atoms with E-state index in [1.54, 1.807) is 0 Å². The van der Waals surface area contributed by atoms with Gasteiger partial charge in [-0.25, -0.2) is 4.79 Å². The van der Waals surface area contributed by atoms with Crippen LogP contribution in [0.25, 0.3) is 0 Å². The molecule has 0 fully saturated rings. The Hall–Kier alpha value is 0.446. The largest absolute Gasteiger partial charge is 1.00 e. The Labute approximate surface area is 121 Å². The molecule has 0 aliphatic carbocycles. The molecule has 0 aliphatic rings. The van der Waals surface area contributed by atoms with E-state index in [1.807, 2.05) is 6.92 Å². The summed E-state index contributed by atoms with van der Waals surface area (Å²) >= 11 is 0. The molecule has 0 spiro atoms. The van der Waals surface area contributed by atoms with E-state index in [4.69, 9.17) is 4.74 Å². The molecule has 0 N–H and O–H groups in total. The first kappa shape index (κ1) is 15.9. The number of esters is 1. The molecule has 0 aromatic rings. The number of methoxy groups -OCH3 is 1. The third-order valence-electron chi connectivity index (χ3n) is 1.25. The van der Waals surface area contributed by atoms with Crippen LogP contribution in [0.15, 0.2) is 12.0 Å². The molecule has 4 nitrogen and oxygen atoms in total. The monoisotopic (exact) mass is 212 g/mol. The first-order valence-electron chi connectivity index (χ1n) is 3.79. The van der Waals surface area contributed by atoms with E-state index >= 15 is 0 Å². The minimum absolute atomic E-state index is 0. The fourth-order valence-electron chi connectivity index (χ4n) is 0.568. The Kier molecular flexibility index (Phi) is 12.9. The van der Waals surface area contributed by atoms with Crippen molar-refractivity contribution in [2.45, 2.75) is 19.8 Å². The third kappa shape index (κ3) is 7.51. The number of carbonyl (C=O) groups is 1. The van der Waals surface area contributed by atoms with Gasteiger partial charge in [0.15, 0.2) is 5.76 Å². The van der Waals surface area contributed by atoms with Crippen molar-refractivity contribution in [2.75, 3.05) is 13.7 Å². The molecule has 0 bridgehead atoms. The van der Waals surface area contributed by atoms with Crippen molar-refractivity contribution in [3.05, 3.63) is 12.0 Å². The summed E-state index contributed by atoms with van der Waals surface area (Å²) in [5.74, 6) is -0.980. The van der Waals surface area contributed by atoms with Crippen molar-refractivity contribution >= 4 is 5.97 Å². The summed E-state index contributed by atoms with van der Waals surface area (Å²) in [6, 6.07) is 0. The van der Waals surface area contributed by atoms with Crippen molar-refractivity contribution in [3.63, 3.8) is 0 Å². The Balaban J connectivity index is 0. The van der Waals surface area contributed by atoms with E-state index in [-0.39, 0.29) is 57.1 Å².